The van der Waals surface area contributed by atoms with E-state index in [1.807, 2.05) is 42.5 Å². The average molecular weight is 259 g/mol. The predicted octanol–water partition coefficient (Wildman–Crippen LogP) is 3.51. The van der Waals surface area contributed by atoms with Crippen LogP contribution in [0.5, 0.6) is 5.75 Å². The Bertz CT molecular complexity index is 555. The smallest absolute Gasteiger partial charge is 0.224 e. The van der Waals surface area contributed by atoms with Gasteiger partial charge in [0.1, 0.15) is 17.8 Å². The van der Waals surface area contributed by atoms with Crippen LogP contribution in [-0.2, 0) is 4.79 Å². The average Bonchev–Trinajstić information content (AvgIpc) is 2.37. The van der Waals surface area contributed by atoms with E-state index in [9.17, 15) is 4.79 Å². The third-order valence-corrected chi connectivity index (χ3v) is 2.80. The Hall–Kier alpha value is -1.94. The van der Waals surface area contributed by atoms with Crippen LogP contribution < -0.4 is 9.92 Å². The summed E-state index contributed by atoms with van der Waals surface area (Å²) in [6.07, 6.45) is 0. The first-order chi connectivity index (χ1) is 8.65. The lowest BCUT2D eigenvalue weighted by Crippen LogP contribution is -1.91. The molecule has 0 spiro atoms. The van der Waals surface area contributed by atoms with Gasteiger partial charge in [-0.15, -0.1) is 0 Å². The second-order valence-electron chi connectivity index (χ2n) is 3.81. The Morgan fingerprint density at radius 2 is 1.83 bits per heavy atom. The van der Waals surface area contributed by atoms with Crippen molar-refractivity contribution in [3.05, 3.63) is 48.5 Å². The fourth-order valence-corrected chi connectivity index (χ4v) is 1.88. The maximum atomic E-state index is 10.9. The first-order valence-corrected chi connectivity index (χ1v) is 6.20. The summed E-state index contributed by atoms with van der Waals surface area (Å²) in [4.78, 5) is 10.9. The van der Waals surface area contributed by atoms with E-state index in [2.05, 4.69) is 0 Å². The predicted molar refractivity (Wildman–Crippen MR) is 75.2 cm³/mol. The maximum absolute atomic E-state index is 10.9. The van der Waals surface area contributed by atoms with Crippen LogP contribution >= 0.6 is 12.0 Å². The highest BCUT2D eigenvalue weighted by Gasteiger charge is 2.04. The van der Waals surface area contributed by atoms with Gasteiger partial charge in [0, 0.05) is 18.7 Å². The molecule has 0 aliphatic rings. The topological polar surface area (TPSA) is 52.3 Å². The molecule has 18 heavy (non-hydrogen) atoms. The zero-order valence-electron chi connectivity index (χ0n) is 9.92. The number of hydrogen-bond donors (Lipinski definition) is 1. The number of anilines is 1. The van der Waals surface area contributed by atoms with Crippen molar-refractivity contribution in [3.8, 4) is 16.9 Å². The van der Waals surface area contributed by atoms with Gasteiger partial charge >= 0.3 is 0 Å². The Morgan fingerprint density at radius 1 is 1.11 bits per heavy atom. The molecule has 0 aliphatic carbocycles. The van der Waals surface area contributed by atoms with Gasteiger partial charge in [-0.3, -0.25) is 4.79 Å². The van der Waals surface area contributed by atoms with E-state index in [0.29, 0.717) is 11.4 Å². The summed E-state index contributed by atoms with van der Waals surface area (Å²) >= 11 is 0.803. The molecule has 0 radical (unpaired) electrons. The van der Waals surface area contributed by atoms with Crippen LogP contribution in [-0.4, -0.2) is 5.12 Å². The summed E-state index contributed by atoms with van der Waals surface area (Å²) < 4.78 is 5.30. The number of nitrogen functional groups attached to an aromatic ring is 1. The molecule has 0 saturated carbocycles. The van der Waals surface area contributed by atoms with Crippen LogP contribution in [0.2, 0.25) is 0 Å². The van der Waals surface area contributed by atoms with Crippen molar-refractivity contribution in [1.29, 1.82) is 0 Å². The summed E-state index contributed by atoms with van der Waals surface area (Å²) in [6.45, 7) is 1.45. The van der Waals surface area contributed by atoms with Crippen molar-refractivity contribution >= 4 is 22.8 Å². The Labute approximate surface area is 110 Å². The van der Waals surface area contributed by atoms with Crippen molar-refractivity contribution in [2.24, 2.45) is 0 Å². The standard InChI is InChI=1S/C14H13NO2S/c1-10(16)18-17-14-8-12(7-13(15)9-14)11-5-3-2-4-6-11/h2-9H,15H2,1H3. The van der Waals surface area contributed by atoms with Gasteiger partial charge < -0.3 is 9.92 Å². The number of benzene rings is 2. The Morgan fingerprint density at radius 3 is 2.50 bits per heavy atom. The molecule has 0 heterocycles. The van der Waals surface area contributed by atoms with Crippen molar-refractivity contribution in [2.75, 3.05) is 5.73 Å². The van der Waals surface area contributed by atoms with Gasteiger partial charge in [-0.1, -0.05) is 30.3 Å². The number of nitrogens with two attached hydrogens (primary N) is 1. The molecular formula is C14H13NO2S. The lowest BCUT2D eigenvalue weighted by molar-refractivity contribution is -0.109. The third kappa shape index (κ3) is 3.28. The molecule has 2 N–H and O–H groups in total. The van der Waals surface area contributed by atoms with E-state index in [0.717, 1.165) is 23.2 Å². The molecule has 0 amide bonds. The molecule has 4 heteroatoms. The SMILES string of the molecule is CC(=O)SOc1cc(N)cc(-c2ccccc2)c1. The van der Waals surface area contributed by atoms with Crippen molar-refractivity contribution in [1.82, 2.24) is 0 Å². The Kier molecular flexibility index (Phi) is 3.89. The van der Waals surface area contributed by atoms with Crippen LogP contribution in [0.3, 0.4) is 0 Å². The normalized spacial score (nSPS) is 10.1. The second-order valence-corrected chi connectivity index (χ2v) is 4.72. The summed E-state index contributed by atoms with van der Waals surface area (Å²) in [5.74, 6) is 0.578. The van der Waals surface area contributed by atoms with Crippen molar-refractivity contribution < 1.29 is 8.98 Å². The quantitative estimate of drug-likeness (QED) is 0.677. The molecule has 0 aromatic heterocycles. The maximum Gasteiger partial charge on any atom is 0.224 e. The minimum absolute atomic E-state index is 0.0984. The number of hydrogen-bond acceptors (Lipinski definition) is 4. The summed E-state index contributed by atoms with van der Waals surface area (Å²) in [6, 6.07) is 15.3. The highest BCUT2D eigenvalue weighted by atomic mass is 32.2. The first kappa shape index (κ1) is 12.5. The molecule has 2 aromatic carbocycles. The second kappa shape index (κ2) is 5.60. The van der Waals surface area contributed by atoms with E-state index in [1.165, 1.54) is 6.92 Å². The summed E-state index contributed by atoms with van der Waals surface area (Å²) in [5, 5.41) is -0.0984. The van der Waals surface area contributed by atoms with E-state index in [4.69, 9.17) is 9.92 Å². The van der Waals surface area contributed by atoms with Crippen LogP contribution in [0.1, 0.15) is 6.92 Å². The first-order valence-electron chi connectivity index (χ1n) is 5.46. The van der Waals surface area contributed by atoms with E-state index >= 15 is 0 Å². The summed E-state index contributed by atoms with van der Waals surface area (Å²) in [5.41, 5.74) is 8.46. The molecule has 92 valence electrons. The highest BCUT2D eigenvalue weighted by Crippen LogP contribution is 2.28. The summed E-state index contributed by atoms with van der Waals surface area (Å²) in [7, 11) is 0. The van der Waals surface area contributed by atoms with Crippen LogP contribution in [0.25, 0.3) is 11.1 Å². The fraction of sp³-hybridized carbons (Fsp3) is 0.0714. The van der Waals surface area contributed by atoms with E-state index < -0.39 is 0 Å². The third-order valence-electron chi connectivity index (χ3n) is 2.29. The monoisotopic (exact) mass is 259 g/mol. The molecule has 0 saturated heterocycles. The van der Waals surface area contributed by atoms with Gasteiger partial charge in [0.2, 0.25) is 5.12 Å². The molecule has 3 nitrogen and oxygen atoms in total. The molecule has 0 aliphatic heterocycles. The molecular weight excluding hydrogens is 246 g/mol. The number of carbonyl (C=O) groups excluding carboxylic acids is 1. The van der Waals surface area contributed by atoms with Crippen LogP contribution in [0.4, 0.5) is 5.69 Å². The van der Waals surface area contributed by atoms with E-state index in [-0.39, 0.29) is 5.12 Å². The number of rotatable bonds is 3. The molecule has 0 unspecified atom stereocenters. The molecule has 0 atom stereocenters. The molecule has 0 fully saturated rings. The van der Waals surface area contributed by atoms with Gasteiger partial charge in [0.25, 0.3) is 0 Å². The van der Waals surface area contributed by atoms with Gasteiger partial charge in [0.15, 0.2) is 0 Å². The zero-order chi connectivity index (χ0) is 13.0. The minimum atomic E-state index is -0.0984. The largest absolute Gasteiger partial charge is 0.418 e. The van der Waals surface area contributed by atoms with Crippen LogP contribution in [0, 0.1) is 0 Å². The minimum Gasteiger partial charge on any atom is -0.418 e. The number of carbonyl (C=O) groups is 1. The van der Waals surface area contributed by atoms with Crippen molar-refractivity contribution in [2.45, 2.75) is 6.92 Å². The van der Waals surface area contributed by atoms with Crippen LogP contribution in [0.15, 0.2) is 48.5 Å². The molecule has 0 bridgehead atoms. The Balaban J connectivity index is 2.29. The van der Waals surface area contributed by atoms with Gasteiger partial charge in [-0.05, 0) is 23.3 Å². The van der Waals surface area contributed by atoms with Gasteiger partial charge in [0.05, 0.1) is 0 Å². The molecule has 2 aromatic rings. The lowest BCUT2D eigenvalue weighted by atomic mass is 10.1. The fourth-order valence-electron chi connectivity index (χ4n) is 1.57. The zero-order valence-corrected chi connectivity index (χ0v) is 10.7. The lowest BCUT2D eigenvalue weighted by Gasteiger charge is -2.07. The van der Waals surface area contributed by atoms with Gasteiger partial charge in [-0.2, -0.15) is 0 Å². The molecule has 2 rings (SSSR count). The van der Waals surface area contributed by atoms with Crippen molar-refractivity contribution in [3.63, 3.8) is 0 Å². The van der Waals surface area contributed by atoms with Gasteiger partial charge in [-0.25, -0.2) is 0 Å². The van der Waals surface area contributed by atoms with E-state index in [1.54, 1.807) is 6.07 Å². The highest BCUT2D eigenvalue weighted by molar-refractivity contribution is 8.09.